The van der Waals surface area contributed by atoms with Crippen LogP contribution in [0.4, 0.5) is 15.0 Å². The van der Waals surface area contributed by atoms with Crippen LogP contribution < -0.4 is 4.90 Å². The lowest BCUT2D eigenvalue weighted by molar-refractivity contribution is 0.0240. The number of rotatable bonds is 1. The fraction of sp³-hybridized carbons (Fsp3) is 0.400. The molecular formula is C20H23FN4O2. The first-order chi connectivity index (χ1) is 12.8. The Morgan fingerprint density at radius 1 is 1.15 bits per heavy atom. The van der Waals surface area contributed by atoms with Crippen LogP contribution in [0.1, 0.15) is 20.8 Å². The molecule has 27 heavy (non-hydrogen) atoms. The monoisotopic (exact) mass is 370 g/mol. The highest BCUT2D eigenvalue weighted by Gasteiger charge is 2.27. The lowest BCUT2D eigenvalue weighted by atomic mass is 10.1. The predicted octanol–water partition coefficient (Wildman–Crippen LogP) is 3.91. The SMILES string of the molecule is CC(C)(C)OC(=O)N1CCN(c2nc3cc(F)ccc3c3[nH]ccc23)CC1. The molecule has 1 saturated heterocycles. The molecule has 2 aromatic heterocycles. The van der Waals surface area contributed by atoms with Gasteiger partial charge in [0.25, 0.3) is 0 Å². The number of pyridine rings is 1. The Hall–Kier alpha value is -2.83. The van der Waals surface area contributed by atoms with Crippen LogP contribution in [0.25, 0.3) is 21.8 Å². The first kappa shape index (κ1) is 17.6. The van der Waals surface area contributed by atoms with E-state index in [9.17, 15) is 9.18 Å². The average molecular weight is 370 g/mol. The summed E-state index contributed by atoms with van der Waals surface area (Å²) in [5, 5.41) is 1.90. The van der Waals surface area contributed by atoms with Crippen LogP contribution in [-0.4, -0.2) is 52.7 Å². The van der Waals surface area contributed by atoms with E-state index >= 15 is 0 Å². The number of carbonyl (C=O) groups excluding carboxylic acids is 1. The topological polar surface area (TPSA) is 61.5 Å². The highest BCUT2D eigenvalue weighted by Crippen LogP contribution is 2.31. The number of hydrogen-bond donors (Lipinski definition) is 1. The predicted molar refractivity (Wildman–Crippen MR) is 104 cm³/mol. The molecule has 0 atom stereocenters. The number of nitrogens with zero attached hydrogens (tertiary/aromatic N) is 3. The molecule has 0 bridgehead atoms. The molecule has 1 N–H and O–H groups in total. The molecule has 1 aliphatic heterocycles. The zero-order chi connectivity index (χ0) is 19.2. The number of nitrogens with one attached hydrogen (secondary N) is 1. The number of benzene rings is 1. The fourth-order valence-corrected chi connectivity index (χ4v) is 3.43. The van der Waals surface area contributed by atoms with Crippen molar-refractivity contribution in [1.82, 2.24) is 14.9 Å². The maximum atomic E-state index is 13.7. The van der Waals surface area contributed by atoms with Crippen molar-refractivity contribution in [3.63, 3.8) is 0 Å². The first-order valence-corrected chi connectivity index (χ1v) is 9.11. The number of anilines is 1. The van der Waals surface area contributed by atoms with E-state index in [-0.39, 0.29) is 11.9 Å². The third kappa shape index (κ3) is 3.41. The van der Waals surface area contributed by atoms with E-state index in [0.29, 0.717) is 31.7 Å². The van der Waals surface area contributed by atoms with Gasteiger partial charge < -0.3 is 19.5 Å². The number of carbonyl (C=O) groups is 1. The van der Waals surface area contributed by atoms with Crippen LogP contribution in [0.5, 0.6) is 0 Å². The van der Waals surface area contributed by atoms with Crippen molar-refractivity contribution in [2.75, 3.05) is 31.1 Å². The number of aromatic nitrogens is 2. The number of H-pyrrole nitrogens is 1. The van der Waals surface area contributed by atoms with Gasteiger partial charge in [0.1, 0.15) is 17.2 Å². The molecule has 1 aromatic carbocycles. The van der Waals surface area contributed by atoms with Crippen LogP contribution in [0, 0.1) is 5.82 Å². The summed E-state index contributed by atoms with van der Waals surface area (Å²) in [6.07, 6.45) is 1.58. The summed E-state index contributed by atoms with van der Waals surface area (Å²) in [4.78, 5) is 24.1. The van der Waals surface area contributed by atoms with Crippen molar-refractivity contribution in [2.45, 2.75) is 26.4 Å². The molecule has 6 nitrogen and oxygen atoms in total. The number of hydrogen-bond acceptors (Lipinski definition) is 4. The third-order valence-corrected chi connectivity index (χ3v) is 4.67. The number of amides is 1. The second-order valence-electron chi connectivity index (χ2n) is 7.82. The van der Waals surface area contributed by atoms with E-state index in [1.54, 1.807) is 11.0 Å². The number of fused-ring (bicyclic) bond motifs is 3. The summed E-state index contributed by atoms with van der Waals surface area (Å²) in [5.41, 5.74) is 1.06. The molecule has 3 heterocycles. The molecule has 0 spiro atoms. The van der Waals surface area contributed by atoms with Crippen LogP contribution in [-0.2, 0) is 4.74 Å². The van der Waals surface area contributed by atoms with Crippen molar-refractivity contribution in [2.24, 2.45) is 0 Å². The van der Waals surface area contributed by atoms with Crippen LogP contribution in [0.2, 0.25) is 0 Å². The highest BCUT2D eigenvalue weighted by atomic mass is 19.1. The third-order valence-electron chi connectivity index (χ3n) is 4.67. The van der Waals surface area contributed by atoms with Gasteiger partial charge in [-0.05, 0) is 39.0 Å². The minimum atomic E-state index is -0.504. The van der Waals surface area contributed by atoms with Crippen LogP contribution >= 0.6 is 0 Å². The molecule has 0 radical (unpaired) electrons. The van der Waals surface area contributed by atoms with Gasteiger partial charge in [0.15, 0.2) is 0 Å². The average Bonchev–Trinajstić information content (AvgIpc) is 3.09. The number of aromatic amines is 1. The Morgan fingerprint density at radius 3 is 2.59 bits per heavy atom. The molecule has 0 aliphatic carbocycles. The molecular weight excluding hydrogens is 347 g/mol. The van der Waals surface area contributed by atoms with E-state index in [0.717, 1.165) is 22.1 Å². The van der Waals surface area contributed by atoms with Gasteiger partial charge in [0, 0.05) is 49.2 Å². The molecule has 142 valence electrons. The van der Waals surface area contributed by atoms with Crippen LogP contribution in [0.15, 0.2) is 30.5 Å². The molecule has 3 aromatic rings. The fourth-order valence-electron chi connectivity index (χ4n) is 3.43. The van der Waals surface area contributed by atoms with Gasteiger partial charge in [-0.1, -0.05) is 0 Å². The van der Waals surface area contributed by atoms with Gasteiger partial charge in [-0.15, -0.1) is 0 Å². The minimum absolute atomic E-state index is 0.289. The van der Waals surface area contributed by atoms with Crippen molar-refractivity contribution >= 4 is 33.7 Å². The quantitative estimate of drug-likeness (QED) is 0.705. The second kappa shape index (κ2) is 6.40. The Labute approximate surface area is 156 Å². The molecule has 1 fully saturated rings. The molecule has 4 rings (SSSR count). The van der Waals surface area contributed by atoms with E-state index in [1.807, 2.05) is 33.0 Å². The lowest BCUT2D eigenvalue weighted by Crippen LogP contribution is -2.50. The van der Waals surface area contributed by atoms with Gasteiger partial charge in [-0.2, -0.15) is 0 Å². The Morgan fingerprint density at radius 2 is 1.89 bits per heavy atom. The normalized spacial score (nSPS) is 15.6. The van der Waals surface area contributed by atoms with Crippen LogP contribution in [0.3, 0.4) is 0 Å². The highest BCUT2D eigenvalue weighted by molar-refractivity contribution is 6.08. The maximum Gasteiger partial charge on any atom is 0.410 e. The van der Waals surface area contributed by atoms with E-state index in [4.69, 9.17) is 9.72 Å². The van der Waals surface area contributed by atoms with Gasteiger partial charge in [0.2, 0.25) is 0 Å². The minimum Gasteiger partial charge on any atom is -0.444 e. The Kier molecular flexibility index (Phi) is 4.17. The summed E-state index contributed by atoms with van der Waals surface area (Å²) >= 11 is 0. The second-order valence-corrected chi connectivity index (χ2v) is 7.82. The molecule has 0 unspecified atom stereocenters. The molecule has 1 aliphatic rings. The van der Waals surface area contributed by atoms with Gasteiger partial charge in [0.05, 0.1) is 11.0 Å². The number of piperazine rings is 1. The van der Waals surface area contributed by atoms with Crippen molar-refractivity contribution in [1.29, 1.82) is 0 Å². The van der Waals surface area contributed by atoms with E-state index in [1.165, 1.54) is 12.1 Å². The summed E-state index contributed by atoms with van der Waals surface area (Å²) in [7, 11) is 0. The lowest BCUT2D eigenvalue weighted by Gasteiger charge is -2.36. The largest absolute Gasteiger partial charge is 0.444 e. The summed E-state index contributed by atoms with van der Waals surface area (Å²) in [6.45, 7) is 8.00. The zero-order valence-corrected chi connectivity index (χ0v) is 15.8. The summed E-state index contributed by atoms with van der Waals surface area (Å²) in [6, 6.07) is 6.64. The van der Waals surface area contributed by atoms with Gasteiger partial charge in [-0.25, -0.2) is 14.2 Å². The zero-order valence-electron chi connectivity index (χ0n) is 15.8. The van der Waals surface area contributed by atoms with Gasteiger partial charge >= 0.3 is 6.09 Å². The van der Waals surface area contributed by atoms with E-state index in [2.05, 4.69) is 9.88 Å². The molecule has 7 heteroatoms. The maximum absolute atomic E-state index is 13.7. The van der Waals surface area contributed by atoms with E-state index < -0.39 is 5.60 Å². The Bertz CT molecular complexity index is 1000. The Balaban J connectivity index is 1.60. The van der Waals surface area contributed by atoms with Crippen molar-refractivity contribution < 1.29 is 13.9 Å². The smallest absolute Gasteiger partial charge is 0.410 e. The molecule has 0 saturated carbocycles. The molecule has 1 amide bonds. The summed E-state index contributed by atoms with van der Waals surface area (Å²) in [5.74, 6) is 0.509. The van der Waals surface area contributed by atoms with Crippen molar-refractivity contribution in [3.8, 4) is 0 Å². The van der Waals surface area contributed by atoms with Gasteiger partial charge in [-0.3, -0.25) is 0 Å². The first-order valence-electron chi connectivity index (χ1n) is 9.11. The summed E-state index contributed by atoms with van der Waals surface area (Å²) < 4.78 is 19.1. The standard InChI is InChI=1S/C20H23FN4O2/c1-20(2,3)27-19(26)25-10-8-24(9-11-25)18-15-6-7-22-17(15)14-5-4-13(21)12-16(14)23-18/h4-7,12,22H,8-11H2,1-3H3. The number of halogens is 1. The number of ether oxygens (including phenoxy) is 1. The van der Waals surface area contributed by atoms with Crippen molar-refractivity contribution in [3.05, 3.63) is 36.3 Å².